The van der Waals surface area contributed by atoms with Crippen LogP contribution in [-0.2, 0) is 12.0 Å². The Morgan fingerprint density at radius 2 is 2.00 bits per heavy atom. The molecule has 0 aromatic heterocycles. The second-order valence-corrected chi connectivity index (χ2v) is 4.93. The van der Waals surface area contributed by atoms with Crippen molar-refractivity contribution in [2.45, 2.75) is 45.1 Å². The third-order valence-electron chi connectivity index (χ3n) is 3.64. The van der Waals surface area contributed by atoms with Gasteiger partial charge in [-0.05, 0) is 42.7 Å². The normalized spacial score (nSPS) is 30.7. The van der Waals surface area contributed by atoms with E-state index in [4.69, 9.17) is 0 Å². The molecule has 1 fully saturated rings. The van der Waals surface area contributed by atoms with Gasteiger partial charge >= 0.3 is 0 Å². The molecule has 0 bridgehead atoms. The first-order valence-electron chi connectivity index (χ1n) is 5.96. The van der Waals surface area contributed by atoms with Crippen LogP contribution in [0, 0.1) is 5.92 Å². The van der Waals surface area contributed by atoms with Gasteiger partial charge in [0, 0.05) is 0 Å². The van der Waals surface area contributed by atoms with Crippen molar-refractivity contribution in [3.8, 4) is 0 Å². The monoisotopic (exact) mass is 204 g/mol. The summed E-state index contributed by atoms with van der Waals surface area (Å²) in [6.45, 7) is 4.37. The fourth-order valence-electron chi connectivity index (χ4n) is 2.58. The van der Waals surface area contributed by atoms with Gasteiger partial charge in [0.15, 0.2) is 0 Å². The number of rotatable bonds is 2. The van der Waals surface area contributed by atoms with Crippen LogP contribution in [0.4, 0.5) is 0 Å². The Labute approximate surface area is 92.1 Å². The molecule has 0 unspecified atom stereocenters. The van der Waals surface area contributed by atoms with Gasteiger partial charge in [-0.2, -0.15) is 0 Å². The average Bonchev–Trinajstić information content (AvgIpc) is 2.60. The number of hydrogen-bond donors (Lipinski definition) is 1. The standard InChI is InChI=1S/C14H20O/c1-3-12-4-6-13(7-5-12)14(15)9-8-11(2)10-14/h4-7,11,15H,3,8-10H2,1-2H3/t11-,14-/m1/s1. The highest BCUT2D eigenvalue weighted by Crippen LogP contribution is 2.41. The lowest BCUT2D eigenvalue weighted by Gasteiger charge is -2.23. The van der Waals surface area contributed by atoms with Crippen LogP contribution in [-0.4, -0.2) is 5.11 Å². The first-order chi connectivity index (χ1) is 7.14. The molecule has 0 aliphatic heterocycles. The van der Waals surface area contributed by atoms with E-state index < -0.39 is 5.60 Å². The Bertz CT molecular complexity index is 328. The molecule has 82 valence electrons. The van der Waals surface area contributed by atoms with Gasteiger partial charge in [-0.1, -0.05) is 38.1 Å². The van der Waals surface area contributed by atoms with E-state index in [0.717, 1.165) is 31.2 Å². The predicted molar refractivity (Wildman–Crippen MR) is 62.7 cm³/mol. The van der Waals surface area contributed by atoms with Gasteiger partial charge in [0.1, 0.15) is 0 Å². The second kappa shape index (κ2) is 3.97. The smallest absolute Gasteiger partial charge is 0.0899 e. The molecule has 0 radical (unpaired) electrons. The van der Waals surface area contributed by atoms with Crippen molar-refractivity contribution in [1.82, 2.24) is 0 Å². The van der Waals surface area contributed by atoms with Gasteiger partial charge in [-0.25, -0.2) is 0 Å². The van der Waals surface area contributed by atoms with Gasteiger partial charge in [0.05, 0.1) is 5.60 Å². The third kappa shape index (κ3) is 2.07. The third-order valence-corrected chi connectivity index (χ3v) is 3.64. The molecule has 1 aromatic carbocycles. The summed E-state index contributed by atoms with van der Waals surface area (Å²) in [5.74, 6) is 0.654. The van der Waals surface area contributed by atoms with E-state index in [-0.39, 0.29) is 0 Å². The van der Waals surface area contributed by atoms with Gasteiger partial charge in [0.25, 0.3) is 0 Å². The largest absolute Gasteiger partial charge is 0.385 e. The Balaban J connectivity index is 2.22. The van der Waals surface area contributed by atoms with Gasteiger partial charge in [-0.3, -0.25) is 0 Å². The molecule has 0 saturated heterocycles. The van der Waals surface area contributed by atoms with E-state index in [1.165, 1.54) is 5.56 Å². The summed E-state index contributed by atoms with van der Waals surface area (Å²) in [6.07, 6.45) is 4.04. The SMILES string of the molecule is CCc1ccc([C@@]2(O)CC[C@@H](C)C2)cc1. The second-order valence-electron chi connectivity index (χ2n) is 4.93. The first kappa shape index (κ1) is 10.7. The minimum absolute atomic E-state index is 0.550. The van der Waals surface area contributed by atoms with Crippen LogP contribution < -0.4 is 0 Å². The Morgan fingerprint density at radius 3 is 2.47 bits per heavy atom. The summed E-state index contributed by atoms with van der Waals surface area (Å²) >= 11 is 0. The molecule has 1 heteroatoms. The number of benzene rings is 1. The molecule has 1 N–H and O–H groups in total. The quantitative estimate of drug-likeness (QED) is 0.784. The van der Waals surface area contributed by atoms with E-state index in [9.17, 15) is 5.11 Å². The molecule has 2 atom stereocenters. The molecule has 0 heterocycles. The highest BCUT2D eigenvalue weighted by atomic mass is 16.3. The molecule has 2 rings (SSSR count). The zero-order valence-electron chi connectivity index (χ0n) is 9.66. The Kier molecular flexibility index (Phi) is 2.83. The van der Waals surface area contributed by atoms with Crippen LogP contribution in [0.5, 0.6) is 0 Å². The molecule has 1 aliphatic rings. The maximum Gasteiger partial charge on any atom is 0.0899 e. The van der Waals surface area contributed by atoms with Crippen LogP contribution in [0.15, 0.2) is 24.3 Å². The van der Waals surface area contributed by atoms with Crippen LogP contribution in [0.3, 0.4) is 0 Å². The maximum atomic E-state index is 10.5. The lowest BCUT2D eigenvalue weighted by Crippen LogP contribution is -2.21. The van der Waals surface area contributed by atoms with E-state index in [0.29, 0.717) is 5.92 Å². The van der Waals surface area contributed by atoms with Crippen molar-refractivity contribution in [2.24, 2.45) is 5.92 Å². The van der Waals surface area contributed by atoms with Crippen LogP contribution in [0.2, 0.25) is 0 Å². The van der Waals surface area contributed by atoms with E-state index in [2.05, 4.69) is 38.1 Å². The molecular formula is C14H20O. The zero-order valence-corrected chi connectivity index (χ0v) is 9.66. The Hall–Kier alpha value is -0.820. The lowest BCUT2D eigenvalue weighted by atomic mass is 9.90. The number of hydrogen-bond acceptors (Lipinski definition) is 1. The summed E-state index contributed by atoms with van der Waals surface area (Å²) in [7, 11) is 0. The molecule has 1 saturated carbocycles. The molecule has 1 nitrogen and oxygen atoms in total. The van der Waals surface area contributed by atoms with Crippen molar-refractivity contribution < 1.29 is 5.11 Å². The highest BCUT2D eigenvalue weighted by Gasteiger charge is 2.36. The van der Waals surface area contributed by atoms with Gasteiger partial charge in [-0.15, -0.1) is 0 Å². The minimum Gasteiger partial charge on any atom is -0.385 e. The van der Waals surface area contributed by atoms with E-state index in [1.54, 1.807) is 0 Å². The minimum atomic E-state index is -0.550. The van der Waals surface area contributed by atoms with Crippen LogP contribution in [0.1, 0.15) is 44.2 Å². The van der Waals surface area contributed by atoms with Crippen molar-refractivity contribution in [3.05, 3.63) is 35.4 Å². The van der Waals surface area contributed by atoms with Crippen molar-refractivity contribution in [2.75, 3.05) is 0 Å². The summed E-state index contributed by atoms with van der Waals surface area (Å²) in [5, 5.41) is 10.5. The van der Waals surface area contributed by atoms with Crippen molar-refractivity contribution in [3.63, 3.8) is 0 Å². The van der Waals surface area contributed by atoms with Gasteiger partial charge < -0.3 is 5.11 Å². The van der Waals surface area contributed by atoms with Crippen LogP contribution in [0.25, 0.3) is 0 Å². The van der Waals surface area contributed by atoms with Gasteiger partial charge in [0.2, 0.25) is 0 Å². The summed E-state index contributed by atoms with van der Waals surface area (Å²) in [5.41, 5.74) is 1.89. The zero-order chi connectivity index (χ0) is 10.9. The summed E-state index contributed by atoms with van der Waals surface area (Å²) < 4.78 is 0. The fraction of sp³-hybridized carbons (Fsp3) is 0.571. The highest BCUT2D eigenvalue weighted by molar-refractivity contribution is 5.28. The van der Waals surface area contributed by atoms with Crippen molar-refractivity contribution in [1.29, 1.82) is 0 Å². The first-order valence-corrected chi connectivity index (χ1v) is 5.96. The molecule has 1 aromatic rings. The van der Waals surface area contributed by atoms with Crippen LogP contribution >= 0.6 is 0 Å². The maximum absolute atomic E-state index is 10.5. The summed E-state index contributed by atoms with van der Waals surface area (Å²) in [6, 6.07) is 8.46. The molecule has 0 spiro atoms. The molecule has 0 amide bonds. The van der Waals surface area contributed by atoms with E-state index in [1.807, 2.05) is 0 Å². The number of aliphatic hydroxyl groups is 1. The van der Waals surface area contributed by atoms with Crippen molar-refractivity contribution >= 4 is 0 Å². The predicted octanol–water partition coefficient (Wildman–Crippen LogP) is 3.26. The van der Waals surface area contributed by atoms with E-state index >= 15 is 0 Å². The molecule has 15 heavy (non-hydrogen) atoms. The lowest BCUT2D eigenvalue weighted by molar-refractivity contribution is 0.0408. The molecule has 1 aliphatic carbocycles. The Morgan fingerprint density at radius 1 is 1.33 bits per heavy atom. The topological polar surface area (TPSA) is 20.2 Å². The number of aryl methyl sites for hydroxylation is 1. The fourth-order valence-corrected chi connectivity index (χ4v) is 2.58. The molecular weight excluding hydrogens is 184 g/mol. The summed E-state index contributed by atoms with van der Waals surface area (Å²) in [4.78, 5) is 0. The average molecular weight is 204 g/mol.